The van der Waals surface area contributed by atoms with E-state index in [2.05, 4.69) is 15.5 Å². The Bertz CT molecular complexity index is 513. The highest BCUT2D eigenvalue weighted by atomic mass is 19.1. The summed E-state index contributed by atoms with van der Waals surface area (Å²) >= 11 is 0. The topological polar surface area (TPSA) is 78.9 Å². The summed E-state index contributed by atoms with van der Waals surface area (Å²) in [5.74, 6) is 0.372. The molecule has 0 unspecified atom stereocenters. The summed E-state index contributed by atoms with van der Waals surface area (Å²) < 4.78 is 20.2. The van der Waals surface area contributed by atoms with Crippen LogP contribution in [0.1, 0.15) is 0 Å². The van der Waals surface area contributed by atoms with Gasteiger partial charge in [-0.25, -0.2) is 9.07 Å². The Labute approximate surface area is 97.2 Å². The van der Waals surface area contributed by atoms with Crippen LogP contribution in [-0.4, -0.2) is 33.9 Å². The van der Waals surface area contributed by atoms with Crippen molar-refractivity contribution in [2.24, 2.45) is 5.73 Å². The molecule has 0 spiro atoms. The highest BCUT2D eigenvalue weighted by molar-refractivity contribution is 5.57. The summed E-state index contributed by atoms with van der Waals surface area (Å²) in [5.41, 5.74) is 5.74. The van der Waals surface area contributed by atoms with Crippen LogP contribution >= 0.6 is 0 Å². The number of rotatable bonds is 4. The third-order valence-corrected chi connectivity index (χ3v) is 2.29. The first-order valence-corrected chi connectivity index (χ1v) is 5.06. The van der Waals surface area contributed by atoms with Gasteiger partial charge in [0.2, 0.25) is 0 Å². The molecule has 1 heterocycles. The fraction of sp³-hybridized carbons (Fsp3) is 0.300. The normalized spacial score (nSPS) is 10.5. The molecule has 2 rings (SSSR count). The summed E-state index contributed by atoms with van der Waals surface area (Å²) in [5, 5.41) is 11.0. The fourth-order valence-electron chi connectivity index (χ4n) is 1.47. The lowest BCUT2D eigenvalue weighted by atomic mass is 10.2. The second-order valence-electron chi connectivity index (χ2n) is 3.36. The molecule has 0 aliphatic carbocycles. The zero-order valence-electron chi connectivity index (χ0n) is 9.30. The number of hydrogen-bond donors (Lipinski definition) is 1. The van der Waals surface area contributed by atoms with Crippen molar-refractivity contribution >= 4 is 0 Å². The SMILES string of the molecule is COc1ccc(-c2nnnn2CCN)c(F)c1. The van der Waals surface area contributed by atoms with E-state index in [9.17, 15) is 4.39 Å². The van der Waals surface area contributed by atoms with Crippen LogP contribution in [0.5, 0.6) is 5.75 Å². The smallest absolute Gasteiger partial charge is 0.185 e. The van der Waals surface area contributed by atoms with Crippen molar-refractivity contribution in [3.05, 3.63) is 24.0 Å². The van der Waals surface area contributed by atoms with Gasteiger partial charge in [-0.1, -0.05) is 0 Å². The van der Waals surface area contributed by atoms with Crippen LogP contribution in [0.15, 0.2) is 18.2 Å². The Morgan fingerprint density at radius 1 is 1.47 bits per heavy atom. The third kappa shape index (κ3) is 2.23. The molecule has 90 valence electrons. The van der Waals surface area contributed by atoms with Gasteiger partial charge in [-0.3, -0.25) is 0 Å². The van der Waals surface area contributed by atoms with Gasteiger partial charge >= 0.3 is 0 Å². The first-order valence-electron chi connectivity index (χ1n) is 5.06. The zero-order valence-corrected chi connectivity index (χ0v) is 9.30. The van der Waals surface area contributed by atoms with Crippen molar-refractivity contribution in [3.8, 4) is 17.1 Å². The van der Waals surface area contributed by atoms with E-state index in [1.54, 1.807) is 12.1 Å². The Hall–Kier alpha value is -2.02. The van der Waals surface area contributed by atoms with Gasteiger partial charge in [0.05, 0.1) is 19.2 Å². The Morgan fingerprint density at radius 2 is 2.29 bits per heavy atom. The predicted molar refractivity (Wildman–Crippen MR) is 58.8 cm³/mol. The summed E-state index contributed by atoms with van der Waals surface area (Å²) in [6.45, 7) is 0.823. The maximum atomic E-state index is 13.8. The van der Waals surface area contributed by atoms with Crippen LogP contribution in [0.4, 0.5) is 4.39 Å². The molecule has 2 aromatic rings. The molecular formula is C10H12FN5O. The summed E-state index contributed by atoms with van der Waals surface area (Å²) in [4.78, 5) is 0. The van der Waals surface area contributed by atoms with Crippen molar-refractivity contribution in [1.29, 1.82) is 0 Å². The van der Waals surface area contributed by atoms with E-state index in [1.165, 1.54) is 17.9 Å². The molecule has 0 atom stereocenters. The van der Waals surface area contributed by atoms with Crippen molar-refractivity contribution in [2.45, 2.75) is 6.54 Å². The quantitative estimate of drug-likeness (QED) is 0.835. The first-order chi connectivity index (χ1) is 8.26. The van der Waals surface area contributed by atoms with Crippen LogP contribution in [0.25, 0.3) is 11.4 Å². The minimum atomic E-state index is -0.433. The van der Waals surface area contributed by atoms with Crippen molar-refractivity contribution in [1.82, 2.24) is 20.2 Å². The largest absolute Gasteiger partial charge is 0.497 e. The average molecular weight is 237 g/mol. The molecule has 0 saturated heterocycles. The zero-order chi connectivity index (χ0) is 12.3. The maximum absolute atomic E-state index is 13.8. The standard InChI is InChI=1S/C10H12FN5O/c1-17-7-2-3-8(9(11)6-7)10-13-14-15-16(10)5-4-12/h2-3,6H,4-5,12H2,1H3. The van der Waals surface area contributed by atoms with Crippen LogP contribution in [-0.2, 0) is 6.54 Å². The van der Waals surface area contributed by atoms with Gasteiger partial charge in [-0.05, 0) is 22.6 Å². The van der Waals surface area contributed by atoms with E-state index in [0.717, 1.165) is 0 Å². The van der Waals surface area contributed by atoms with Gasteiger partial charge in [-0.2, -0.15) is 0 Å². The number of nitrogens with zero attached hydrogens (tertiary/aromatic N) is 4. The van der Waals surface area contributed by atoms with E-state index in [4.69, 9.17) is 10.5 Å². The molecule has 6 nitrogen and oxygen atoms in total. The van der Waals surface area contributed by atoms with Gasteiger partial charge in [0.1, 0.15) is 11.6 Å². The number of benzene rings is 1. The second kappa shape index (κ2) is 4.88. The molecule has 2 N–H and O–H groups in total. The number of nitrogens with two attached hydrogens (primary N) is 1. The maximum Gasteiger partial charge on any atom is 0.185 e. The molecule has 0 fully saturated rings. The van der Waals surface area contributed by atoms with E-state index >= 15 is 0 Å². The van der Waals surface area contributed by atoms with E-state index < -0.39 is 5.82 Å². The van der Waals surface area contributed by atoms with E-state index in [-0.39, 0.29) is 0 Å². The molecule has 1 aromatic carbocycles. The number of aromatic nitrogens is 4. The van der Waals surface area contributed by atoms with E-state index in [1.807, 2.05) is 0 Å². The van der Waals surface area contributed by atoms with Crippen LogP contribution in [0.3, 0.4) is 0 Å². The molecular weight excluding hydrogens is 225 g/mol. The monoisotopic (exact) mass is 237 g/mol. The highest BCUT2D eigenvalue weighted by Gasteiger charge is 2.13. The highest BCUT2D eigenvalue weighted by Crippen LogP contribution is 2.23. The number of ether oxygens (including phenoxy) is 1. The lowest BCUT2D eigenvalue weighted by Crippen LogP contribution is -2.12. The van der Waals surface area contributed by atoms with Gasteiger partial charge in [0, 0.05) is 12.6 Å². The first kappa shape index (κ1) is 11.5. The summed E-state index contributed by atoms with van der Waals surface area (Å²) in [6, 6.07) is 4.52. The predicted octanol–water partition coefficient (Wildman–Crippen LogP) is 0.446. The third-order valence-electron chi connectivity index (χ3n) is 2.29. The Balaban J connectivity index is 2.42. The molecule has 0 saturated carbocycles. The Kier molecular flexibility index (Phi) is 3.29. The van der Waals surface area contributed by atoms with Gasteiger partial charge in [-0.15, -0.1) is 5.10 Å². The number of methoxy groups -OCH3 is 1. The molecule has 17 heavy (non-hydrogen) atoms. The molecule has 7 heteroatoms. The number of halogens is 1. The fourth-order valence-corrected chi connectivity index (χ4v) is 1.47. The summed E-state index contributed by atoms with van der Waals surface area (Å²) in [7, 11) is 1.48. The van der Waals surface area contributed by atoms with E-state index in [0.29, 0.717) is 30.2 Å². The molecule has 0 radical (unpaired) electrons. The molecule has 0 bridgehead atoms. The van der Waals surface area contributed by atoms with Crippen LogP contribution < -0.4 is 10.5 Å². The van der Waals surface area contributed by atoms with Gasteiger partial charge < -0.3 is 10.5 Å². The lowest BCUT2D eigenvalue weighted by Gasteiger charge is -2.05. The number of hydrogen-bond acceptors (Lipinski definition) is 5. The molecule has 0 amide bonds. The minimum absolute atomic E-state index is 0.323. The number of tetrazole rings is 1. The Morgan fingerprint density at radius 3 is 2.94 bits per heavy atom. The van der Waals surface area contributed by atoms with Crippen molar-refractivity contribution in [3.63, 3.8) is 0 Å². The summed E-state index contributed by atoms with van der Waals surface area (Å²) in [6.07, 6.45) is 0. The van der Waals surface area contributed by atoms with Crippen LogP contribution in [0.2, 0.25) is 0 Å². The molecule has 0 aliphatic rings. The molecule has 1 aromatic heterocycles. The van der Waals surface area contributed by atoms with Crippen molar-refractivity contribution in [2.75, 3.05) is 13.7 Å². The van der Waals surface area contributed by atoms with Crippen LogP contribution in [0, 0.1) is 5.82 Å². The second-order valence-corrected chi connectivity index (χ2v) is 3.36. The molecule has 0 aliphatic heterocycles. The van der Waals surface area contributed by atoms with Crippen molar-refractivity contribution < 1.29 is 9.13 Å². The van der Waals surface area contributed by atoms with Gasteiger partial charge in [0.25, 0.3) is 0 Å². The minimum Gasteiger partial charge on any atom is -0.497 e. The van der Waals surface area contributed by atoms with Gasteiger partial charge in [0.15, 0.2) is 5.82 Å². The average Bonchev–Trinajstić information content (AvgIpc) is 2.77. The lowest BCUT2D eigenvalue weighted by molar-refractivity contribution is 0.411.